The number of amides is 2. The fourth-order valence-corrected chi connectivity index (χ4v) is 4.91. The summed E-state index contributed by atoms with van der Waals surface area (Å²) in [4.78, 5) is 25.0. The van der Waals surface area contributed by atoms with Crippen LogP contribution in [0.1, 0.15) is 10.6 Å². The number of furan rings is 1. The molecule has 132 valence electrons. The number of carbonyl (C=O) groups is 2. The molecule has 11 heteroatoms. The molecule has 0 aromatic carbocycles. The van der Waals surface area contributed by atoms with E-state index in [0.717, 1.165) is 11.6 Å². The number of piperazine rings is 1. The van der Waals surface area contributed by atoms with E-state index in [4.69, 9.17) is 10.2 Å². The predicted molar refractivity (Wildman–Crippen MR) is 86.8 cm³/mol. The molecule has 2 amide bonds. The molecular formula is C13H18N4O5S2. The van der Waals surface area contributed by atoms with Crippen molar-refractivity contribution in [3.8, 4) is 0 Å². The number of hydrogen-bond donors (Lipinski definition) is 2. The zero-order chi connectivity index (χ0) is 17.3. The van der Waals surface area contributed by atoms with E-state index in [1.54, 1.807) is 16.7 Å². The second-order valence-corrected chi connectivity index (χ2v) is 8.38. The molecule has 3 rings (SSSR count). The quantitative estimate of drug-likeness (QED) is 0.683. The van der Waals surface area contributed by atoms with Crippen molar-refractivity contribution < 1.29 is 22.4 Å². The van der Waals surface area contributed by atoms with Crippen molar-refractivity contribution in [1.29, 1.82) is 0 Å². The van der Waals surface area contributed by atoms with Gasteiger partial charge in [0.2, 0.25) is 11.0 Å². The van der Waals surface area contributed by atoms with Gasteiger partial charge in [0.1, 0.15) is 0 Å². The minimum absolute atomic E-state index is 0.00561. The van der Waals surface area contributed by atoms with Gasteiger partial charge in [0, 0.05) is 37.8 Å². The summed E-state index contributed by atoms with van der Waals surface area (Å²) in [6.45, 7) is 1.01. The van der Waals surface area contributed by atoms with E-state index < -0.39 is 15.9 Å². The van der Waals surface area contributed by atoms with Crippen molar-refractivity contribution in [3.05, 3.63) is 17.9 Å². The molecule has 24 heavy (non-hydrogen) atoms. The SMILES string of the molecule is NC(=O)c1ccc(S(=O)(=O)N2CCN(C(=O)C3CSCN3)CC2)o1. The number of sulfonamides is 1. The lowest BCUT2D eigenvalue weighted by atomic mass is 10.2. The van der Waals surface area contributed by atoms with Crippen LogP contribution >= 0.6 is 11.8 Å². The summed E-state index contributed by atoms with van der Waals surface area (Å²) in [5, 5.41) is 2.80. The van der Waals surface area contributed by atoms with Gasteiger partial charge in [0.25, 0.3) is 15.9 Å². The van der Waals surface area contributed by atoms with Crippen LogP contribution in [0.4, 0.5) is 0 Å². The van der Waals surface area contributed by atoms with Crippen molar-refractivity contribution in [1.82, 2.24) is 14.5 Å². The Bertz CT molecular complexity index is 733. The highest BCUT2D eigenvalue weighted by atomic mass is 32.2. The summed E-state index contributed by atoms with van der Waals surface area (Å²) < 4.78 is 31.3. The van der Waals surface area contributed by atoms with Crippen molar-refractivity contribution in [3.63, 3.8) is 0 Å². The lowest BCUT2D eigenvalue weighted by Crippen LogP contribution is -2.54. The van der Waals surface area contributed by atoms with Gasteiger partial charge in [-0.05, 0) is 12.1 Å². The summed E-state index contributed by atoms with van der Waals surface area (Å²) in [5.41, 5.74) is 5.07. The van der Waals surface area contributed by atoms with E-state index in [1.165, 1.54) is 16.4 Å². The van der Waals surface area contributed by atoms with Crippen LogP contribution in [-0.2, 0) is 14.8 Å². The molecule has 9 nitrogen and oxygen atoms in total. The second-order valence-electron chi connectivity index (χ2n) is 5.48. The molecule has 0 bridgehead atoms. The van der Waals surface area contributed by atoms with Gasteiger partial charge in [-0.25, -0.2) is 8.42 Å². The fraction of sp³-hybridized carbons (Fsp3) is 0.538. The summed E-state index contributed by atoms with van der Waals surface area (Å²) in [6.07, 6.45) is 0. The number of carbonyl (C=O) groups excluding carboxylic acids is 2. The van der Waals surface area contributed by atoms with Gasteiger partial charge in [-0.2, -0.15) is 4.31 Å². The monoisotopic (exact) mass is 374 g/mol. The van der Waals surface area contributed by atoms with Crippen LogP contribution < -0.4 is 11.1 Å². The molecule has 2 saturated heterocycles. The lowest BCUT2D eigenvalue weighted by Gasteiger charge is -2.34. The maximum Gasteiger partial charge on any atom is 0.284 e. The summed E-state index contributed by atoms with van der Waals surface area (Å²) in [7, 11) is -3.84. The molecule has 2 fully saturated rings. The van der Waals surface area contributed by atoms with Gasteiger partial charge in [-0.1, -0.05) is 0 Å². The Morgan fingerprint density at radius 3 is 2.50 bits per heavy atom. The van der Waals surface area contributed by atoms with Gasteiger partial charge in [0.15, 0.2) is 5.76 Å². The number of nitrogens with two attached hydrogens (primary N) is 1. The molecule has 1 aromatic rings. The Kier molecular flexibility index (Phi) is 4.85. The van der Waals surface area contributed by atoms with Crippen LogP contribution in [0.3, 0.4) is 0 Å². The van der Waals surface area contributed by atoms with Crippen molar-refractivity contribution >= 4 is 33.6 Å². The first kappa shape index (κ1) is 17.3. The van der Waals surface area contributed by atoms with E-state index in [0.29, 0.717) is 13.1 Å². The first-order chi connectivity index (χ1) is 11.4. The Balaban J connectivity index is 1.64. The number of thioether (sulfide) groups is 1. The van der Waals surface area contributed by atoms with Gasteiger partial charge < -0.3 is 15.1 Å². The summed E-state index contributed by atoms with van der Waals surface area (Å²) in [5.74, 6) is 0.470. The summed E-state index contributed by atoms with van der Waals surface area (Å²) >= 11 is 1.67. The lowest BCUT2D eigenvalue weighted by molar-refractivity contribution is -0.133. The van der Waals surface area contributed by atoms with Gasteiger partial charge in [-0.15, -0.1) is 11.8 Å². The molecular weight excluding hydrogens is 356 g/mol. The average Bonchev–Trinajstić information content (AvgIpc) is 3.26. The molecule has 2 aliphatic rings. The van der Waals surface area contributed by atoms with Crippen molar-refractivity contribution in [2.45, 2.75) is 11.1 Å². The number of primary amides is 1. The molecule has 0 aliphatic carbocycles. The molecule has 1 aromatic heterocycles. The van der Waals surface area contributed by atoms with E-state index in [-0.39, 0.29) is 35.9 Å². The second kappa shape index (κ2) is 6.75. The van der Waals surface area contributed by atoms with E-state index in [1.807, 2.05) is 0 Å². The third-order valence-electron chi connectivity index (χ3n) is 3.98. The van der Waals surface area contributed by atoms with E-state index in [9.17, 15) is 18.0 Å². The molecule has 0 saturated carbocycles. The van der Waals surface area contributed by atoms with E-state index >= 15 is 0 Å². The molecule has 1 unspecified atom stereocenters. The molecule has 3 N–H and O–H groups in total. The smallest absolute Gasteiger partial charge is 0.284 e. The van der Waals surface area contributed by atoms with E-state index in [2.05, 4.69) is 5.32 Å². The zero-order valence-electron chi connectivity index (χ0n) is 12.8. The maximum atomic E-state index is 12.5. The Labute approximate surface area is 143 Å². The van der Waals surface area contributed by atoms with Gasteiger partial charge in [0.05, 0.1) is 6.04 Å². The maximum absolute atomic E-state index is 12.5. The Morgan fingerprint density at radius 1 is 1.25 bits per heavy atom. The van der Waals surface area contributed by atoms with Crippen LogP contribution in [-0.4, -0.2) is 73.3 Å². The first-order valence-electron chi connectivity index (χ1n) is 7.39. The van der Waals surface area contributed by atoms with Gasteiger partial charge in [-0.3, -0.25) is 14.9 Å². The third kappa shape index (κ3) is 3.29. The average molecular weight is 374 g/mol. The van der Waals surface area contributed by atoms with Crippen LogP contribution in [0, 0.1) is 0 Å². The first-order valence-corrected chi connectivity index (χ1v) is 9.99. The van der Waals surface area contributed by atoms with Crippen molar-refractivity contribution in [2.75, 3.05) is 37.8 Å². The fourth-order valence-electron chi connectivity index (χ4n) is 2.64. The summed E-state index contributed by atoms with van der Waals surface area (Å²) in [6, 6.07) is 2.26. The number of nitrogens with one attached hydrogen (secondary N) is 1. The van der Waals surface area contributed by atoms with Crippen LogP contribution in [0.5, 0.6) is 0 Å². The Morgan fingerprint density at radius 2 is 1.96 bits per heavy atom. The number of rotatable bonds is 4. The topological polar surface area (TPSA) is 126 Å². The highest BCUT2D eigenvalue weighted by Crippen LogP contribution is 2.21. The number of hydrogen-bond acceptors (Lipinski definition) is 7. The molecule has 0 spiro atoms. The highest BCUT2D eigenvalue weighted by molar-refractivity contribution is 7.99. The van der Waals surface area contributed by atoms with Gasteiger partial charge >= 0.3 is 0 Å². The molecule has 2 aliphatic heterocycles. The van der Waals surface area contributed by atoms with Crippen molar-refractivity contribution in [2.24, 2.45) is 5.73 Å². The largest absolute Gasteiger partial charge is 0.438 e. The molecule has 0 radical (unpaired) electrons. The van der Waals surface area contributed by atoms with Crippen LogP contribution in [0.15, 0.2) is 21.6 Å². The van der Waals surface area contributed by atoms with Crippen LogP contribution in [0.2, 0.25) is 0 Å². The highest BCUT2D eigenvalue weighted by Gasteiger charge is 2.35. The minimum Gasteiger partial charge on any atom is -0.438 e. The Hall–Kier alpha value is -1.56. The zero-order valence-corrected chi connectivity index (χ0v) is 14.4. The molecule has 1 atom stereocenters. The predicted octanol–water partition coefficient (Wildman–Crippen LogP) is -1.13. The standard InChI is InChI=1S/C13H18N4O5S2/c14-12(18)10-1-2-11(22-10)24(20,21)17-5-3-16(4-6-17)13(19)9-7-23-8-15-9/h1-2,9,15H,3-8H2,(H2,14,18). The number of nitrogens with zero attached hydrogens (tertiary/aromatic N) is 2. The normalized spacial score (nSPS) is 22.7. The minimum atomic E-state index is -3.84. The van der Waals surface area contributed by atoms with Crippen LogP contribution in [0.25, 0.3) is 0 Å². The molecule has 3 heterocycles. The third-order valence-corrected chi connectivity index (χ3v) is 6.70.